The third-order valence-electron chi connectivity index (χ3n) is 1.24. The summed E-state index contributed by atoms with van der Waals surface area (Å²) in [6.45, 7) is 0. The molecule has 0 atom stereocenters. The first-order chi connectivity index (χ1) is 6.24. The molecule has 13 heavy (non-hydrogen) atoms. The Balaban J connectivity index is 2.59. The van der Waals surface area contributed by atoms with Crippen molar-refractivity contribution in [1.29, 1.82) is 5.26 Å². The topological polar surface area (TPSA) is 33.0 Å². The molecule has 2 nitrogen and oxygen atoms in total. The van der Waals surface area contributed by atoms with Gasteiger partial charge < -0.3 is 4.74 Å². The van der Waals surface area contributed by atoms with Gasteiger partial charge in [0.1, 0.15) is 17.1 Å². The molecule has 0 aromatic heterocycles. The minimum Gasteiger partial charge on any atom is -0.482 e. The number of halogens is 2. The molecule has 0 N–H and O–H groups in total. The lowest BCUT2D eigenvalue weighted by Crippen LogP contribution is -1.90. The van der Waals surface area contributed by atoms with Crippen LogP contribution in [-0.2, 0) is 0 Å². The molecule has 0 unspecified atom stereocenters. The van der Waals surface area contributed by atoms with E-state index in [0.717, 1.165) is 11.8 Å². The van der Waals surface area contributed by atoms with Crippen LogP contribution in [0.4, 0.5) is 0 Å². The average molecular weight is 234 g/mol. The molecule has 0 radical (unpaired) electrons. The van der Waals surface area contributed by atoms with Gasteiger partial charge in [0.15, 0.2) is 0 Å². The average Bonchev–Trinajstić information content (AvgIpc) is 2.12. The summed E-state index contributed by atoms with van der Waals surface area (Å²) >= 11 is 12.5. The highest BCUT2D eigenvalue weighted by Crippen LogP contribution is 2.26. The summed E-state index contributed by atoms with van der Waals surface area (Å²) < 4.78 is 5.18. The van der Waals surface area contributed by atoms with Gasteiger partial charge in [-0.25, -0.2) is 0 Å². The van der Waals surface area contributed by atoms with Gasteiger partial charge in [0.2, 0.25) is 0 Å². The van der Waals surface area contributed by atoms with E-state index in [2.05, 4.69) is 0 Å². The second-order valence-corrected chi connectivity index (χ2v) is 3.60. The summed E-state index contributed by atoms with van der Waals surface area (Å²) in [4.78, 5) is 0. The minimum atomic E-state index is 0.286. The summed E-state index contributed by atoms with van der Waals surface area (Å²) in [5.74, 6) is 0.895. The molecule has 0 bridgehead atoms. The van der Waals surface area contributed by atoms with Crippen molar-refractivity contribution < 1.29 is 4.74 Å². The molecule has 0 saturated heterocycles. The number of rotatable bonds is 3. The monoisotopic (exact) mass is 233 g/mol. The van der Waals surface area contributed by atoms with Crippen LogP contribution in [0.1, 0.15) is 0 Å². The summed E-state index contributed by atoms with van der Waals surface area (Å²) in [5.41, 5.74) is 0. The van der Waals surface area contributed by atoms with Crippen LogP contribution < -0.4 is 4.74 Å². The summed E-state index contributed by atoms with van der Waals surface area (Å²) in [6, 6.07) is 4.96. The van der Waals surface area contributed by atoms with Crippen LogP contribution in [0.15, 0.2) is 18.2 Å². The van der Waals surface area contributed by atoms with Crippen molar-refractivity contribution in [2.45, 2.75) is 0 Å². The van der Waals surface area contributed by atoms with Crippen molar-refractivity contribution in [3.63, 3.8) is 0 Å². The number of nitrogens with zero attached hydrogens (tertiary/aromatic N) is 1. The lowest BCUT2D eigenvalue weighted by atomic mass is 10.3. The Bertz CT molecular complexity index is 337. The number of thioether (sulfide) groups is 1. The molecular formula is C8H5Cl2NOS. The van der Waals surface area contributed by atoms with E-state index in [4.69, 9.17) is 33.2 Å². The zero-order chi connectivity index (χ0) is 9.68. The first-order valence-corrected chi connectivity index (χ1v) is 5.07. The Morgan fingerprint density at radius 2 is 2.15 bits per heavy atom. The van der Waals surface area contributed by atoms with Crippen molar-refractivity contribution in [2.75, 3.05) is 5.94 Å². The van der Waals surface area contributed by atoms with Crippen LogP contribution in [-0.4, -0.2) is 5.94 Å². The number of nitriles is 1. The number of benzene rings is 1. The molecule has 0 aliphatic heterocycles. The van der Waals surface area contributed by atoms with E-state index in [1.54, 1.807) is 18.2 Å². The zero-order valence-corrected chi connectivity index (χ0v) is 8.79. The molecule has 1 aromatic rings. The Morgan fingerprint density at radius 3 is 2.77 bits per heavy atom. The van der Waals surface area contributed by atoms with Gasteiger partial charge in [-0.05, 0) is 23.9 Å². The fraction of sp³-hybridized carbons (Fsp3) is 0.125. The van der Waals surface area contributed by atoms with Crippen molar-refractivity contribution in [1.82, 2.24) is 0 Å². The van der Waals surface area contributed by atoms with Crippen molar-refractivity contribution in [3.05, 3.63) is 28.2 Å². The largest absolute Gasteiger partial charge is 0.482 e. The Labute approximate surface area is 90.4 Å². The molecule has 0 fully saturated rings. The van der Waals surface area contributed by atoms with Gasteiger partial charge in [-0.15, -0.1) is 0 Å². The first kappa shape index (κ1) is 10.5. The fourth-order valence-electron chi connectivity index (χ4n) is 0.690. The Morgan fingerprint density at radius 1 is 1.38 bits per heavy atom. The summed E-state index contributed by atoms with van der Waals surface area (Å²) in [6.07, 6.45) is 0. The van der Waals surface area contributed by atoms with Crippen LogP contribution in [0.25, 0.3) is 0 Å². The molecule has 1 rings (SSSR count). The van der Waals surface area contributed by atoms with E-state index in [1.807, 2.05) is 5.40 Å². The summed E-state index contributed by atoms with van der Waals surface area (Å²) in [5, 5.41) is 11.1. The van der Waals surface area contributed by atoms with Gasteiger partial charge in [-0.3, -0.25) is 0 Å². The van der Waals surface area contributed by atoms with E-state index in [1.165, 1.54) is 0 Å². The van der Waals surface area contributed by atoms with Crippen molar-refractivity contribution in [2.24, 2.45) is 0 Å². The molecule has 5 heteroatoms. The van der Waals surface area contributed by atoms with E-state index in [9.17, 15) is 0 Å². The van der Waals surface area contributed by atoms with E-state index in [0.29, 0.717) is 15.8 Å². The second-order valence-electron chi connectivity index (χ2n) is 2.07. The smallest absolute Gasteiger partial charge is 0.147 e. The molecular weight excluding hydrogens is 229 g/mol. The minimum absolute atomic E-state index is 0.286. The molecule has 68 valence electrons. The maximum absolute atomic E-state index is 8.23. The number of thiocyanates is 1. The van der Waals surface area contributed by atoms with E-state index in [-0.39, 0.29) is 5.94 Å². The number of ether oxygens (including phenoxy) is 1. The Kier molecular flexibility index (Phi) is 4.23. The standard InChI is InChI=1S/C8H5Cl2NOS/c9-7-2-1-6(3-8(7)10)12-5-13-4-11/h1-3H,5H2. The van der Waals surface area contributed by atoms with Gasteiger partial charge in [0, 0.05) is 6.07 Å². The van der Waals surface area contributed by atoms with Crippen LogP contribution in [0.5, 0.6) is 5.75 Å². The Hall–Kier alpha value is -0.560. The van der Waals surface area contributed by atoms with Crippen molar-refractivity contribution >= 4 is 35.0 Å². The fourth-order valence-corrected chi connectivity index (χ4v) is 1.23. The first-order valence-electron chi connectivity index (χ1n) is 3.33. The normalized spacial score (nSPS) is 9.31. The maximum Gasteiger partial charge on any atom is 0.147 e. The molecule has 1 aromatic carbocycles. The predicted octanol–water partition coefficient (Wildman–Crippen LogP) is 3.54. The highest BCUT2D eigenvalue weighted by molar-refractivity contribution is 8.03. The highest BCUT2D eigenvalue weighted by Gasteiger charge is 1.99. The second kappa shape index (κ2) is 5.23. The van der Waals surface area contributed by atoms with Crippen LogP contribution in [0, 0.1) is 10.7 Å². The lowest BCUT2D eigenvalue weighted by Gasteiger charge is -2.03. The molecule has 0 saturated carbocycles. The van der Waals surface area contributed by atoms with Crippen LogP contribution in [0.3, 0.4) is 0 Å². The molecule has 0 heterocycles. The molecule has 0 amide bonds. The molecule has 0 aliphatic carbocycles. The van der Waals surface area contributed by atoms with Gasteiger partial charge in [0.25, 0.3) is 0 Å². The lowest BCUT2D eigenvalue weighted by molar-refractivity contribution is 0.394. The quantitative estimate of drug-likeness (QED) is 0.455. The van der Waals surface area contributed by atoms with E-state index >= 15 is 0 Å². The zero-order valence-electron chi connectivity index (χ0n) is 6.46. The van der Waals surface area contributed by atoms with Crippen LogP contribution in [0.2, 0.25) is 10.0 Å². The van der Waals surface area contributed by atoms with Gasteiger partial charge in [-0.2, -0.15) is 5.26 Å². The van der Waals surface area contributed by atoms with Gasteiger partial charge in [0.05, 0.1) is 10.0 Å². The molecule has 0 spiro atoms. The van der Waals surface area contributed by atoms with E-state index < -0.39 is 0 Å². The maximum atomic E-state index is 8.23. The van der Waals surface area contributed by atoms with Crippen molar-refractivity contribution in [3.8, 4) is 11.2 Å². The summed E-state index contributed by atoms with van der Waals surface area (Å²) in [7, 11) is 0. The van der Waals surface area contributed by atoms with Crippen LogP contribution >= 0.6 is 35.0 Å². The third kappa shape index (κ3) is 3.35. The number of hydrogen-bond donors (Lipinski definition) is 0. The SMILES string of the molecule is N#CSCOc1ccc(Cl)c(Cl)c1. The number of hydrogen-bond acceptors (Lipinski definition) is 3. The predicted molar refractivity (Wildman–Crippen MR) is 55.2 cm³/mol. The highest BCUT2D eigenvalue weighted by atomic mass is 35.5. The van der Waals surface area contributed by atoms with Gasteiger partial charge >= 0.3 is 0 Å². The third-order valence-corrected chi connectivity index (χ3v) is 2.34. The molecule has 0 aliphatic rings. The van der Waals surface area contributed by atoms with Gasteiger partial charge in [-0.1, -0.05) is 23.2 Å².